The van der Waals surface area contributed by atoms with Crippen LogP contribution in [0.25, 0.3) is 0 Å². The number of benzene rings is 1. The van der Waals surface area contributed by atoms with Gasteiger partial charge in [0.1, 0.15) is 18.2 Å². The van der Waals surface area contributed by atoms with Crippen molar-refractivity contribution in [2.75, 3.05) is 25.6 Å². The molecule has 11 heteroatoms. The summed E-state index contributed by atoms with van der Waals surface area (Å²) in [5.74, 6) is -0.546. The van der Waals surface area contributed by atoms with Crippen LogP contribution in [0, 0.1) is 11.3 Å². The number of methoxy groups -OCH3 is 1. The summed E-state index contributed by atoms with van der Waals surface area (Å²) in [6.07, 6.45) is 1.06. The molecule has 2 fully saturated rings. The first kappa shape index (κ1) is 19.3. The Balaban J connectivity index is 1.37. The van der Waals surface area contributed by atoms with Crippen molar-refractivity contribution in [1.29, 1.82) is 5.26 Å². The lowest BCUT2D eigenvalue weighted by atomic mass is 10.1. The smallest absolute Gasteiger partial charge is 0.360 e. The second kappa shape index (κ2) is 8.12. The highest BCUT2D eigenvalue weighted by atomic mass is 32.1. The third-order valence-electron chi connectivity index (χ3n) is 4.84. The van der Waals surface area contributed by atoms with E-state index in [0.29, 0.717) is 23.9 Å². The van der Waals surface area contributed by atoms with Gasteiger partial charge in [0.2, 0.25) is 0 Å². The largest absolute Gasteiger partial charge is 0.464 e. The van der Waals surface area contributed by atoms with E-state index in [1.807, 2.05) is 6.07 Å². The topological polar surface area (TPSA) is 123 Å². The number of thiocarbonyl (C=S) groups is 1. The number of hydrogen-bond acceptors (Lipinski definition) is 8. The number of rotatable bonds is 4. The molecule has 4 unspecified atom stereocenters. The Labute approximate surface area is 171 Å². The quantitative estimate of drug-likeness (QED) is 0.544. The molecule has 0 saturated carbocycles. The number of nitrogens with zero attached hydrogens (tertiary/aromatic N) is 4. The molecule has 0 spiro atoms. The van der Waals surface area contributed by atoms with Crippen molar-refractivity contribution < 1.29 is 19.0 Å². The number of fused-ring (bicyclic) bond motifs is 1. The Morgan fingerprint density at radius 1 is 1.38 bits per heavy atom. The Morgan fingerprint density at radius 3 is 3.00 bits per heavy atom. The zero-order chi connectivity index (χ0) is 20.4. The number of nitriles is 1. The van der Waals surface area contributed by atoms with Crippen molar-refractivity contribution in [3.63, 3.8) is 0 Å². The summed E-state index contributed by atoms with van der Waals surface area (Å²) >= 11 is 5.39. The molecule has 4 rings (SSSR count). The molecule has 4 atom stereocenters. The van der Waals surface area contributed by atoms with E-state index in [-0.39, 0.29) is 30.0 Å². The van der Waals surface area contributed by atoms with Crippen LogP contribution in [-0.2, 0) is 14.2 Å². The minimum Gasteiger partial charge on any atom is -0.464 e. The van der Waals surface area contributed by atoms with Crippen molar-refractivity contribution >= 4 is 29.0 Å². The fourth-order valence-corrected chi connectivity index (χ4v) is 3.74. The molecule has 2 aromatic rings. The summed E-state index contributed by atoms with van der Waals surface area (Å²) in [5, 5.41) is 23.5. The fraction of sp³-hybridized carbons (Fsp3) is 0.389. The van der Waals surface area contributed by atoms with E-state index in [1.165, 1.54) is 13.3 Å². The fourth-order valence-electron chi connectivity index (χ4n) is 3.47. The number of nitrogens with one attached hydrogen (secondary N) is 2. The first-order valence-corrected chi connectivity index (χ1v) is 9.31. The number of anilines is 1. The first-order chi connectivity index (χ1) is 14.1. The average molecular weight is 414 g/mol. The zero-order valence-corrected chi connectivity index (χ0v) is 16.3. The summed E-state index contributed by atoms with van der Waals surface area (Å²) in [6, 6.07) is 8.79. The van der Waals surface area contributed by atoms with E-state index in [4.69, 9.17) is 27.0 Å². The molecule has 0 aliphatic carbocycles. The summed E-state index contributed by atoms with van der Waals surface area (Å²) in [6.45, 7) is 0.784. The molecule has 150 valence electrons. The second-order valence-electron chi connectivity index (χ2n) is 6.64. The van der Waals surface area contributed by atoms with Gasteiger partial charge in [-0.15, -0.1) is 5.10 Å². The maximum atomic E-state index is 11.6. The van der Waals surface area contributed by atoms with Crippen LogP contribution >= 0.6 is 12.2 Å². The van der Waals surface area contributed by atoms with Gasteiger partial charge in [-0.2, -0.15) is 5.26 Å². The van der Waals surface area contributed by atoms with Crippen LogP contribution in [-0.4, -0.2) is 64.6 Å². The van der Waals surface area contributed by atoms with Crippen LogP contribution < -0.4 is 10.6 Å². The van der Waals surface area contributed by atoms with Crippen LogP contribution in [0.4, 0.5) is 5.69 Å². The molecule has 3 heterocycles. The van der Waals surface area contributed by atoms with Crippen molar-refractivity contribution in [2.24, 2.45) is 0 Å². The van der Waals surface area contributed by atoms with Crippen LogP contribution in [0.15, 0.2) is 30.5 Å². The van der Waals surface area contributed by atoms with Crippen molar-refractivity contribution in [1.82, 2.24) is 20.3 Å². The summed E-state index contributed by atoms with van der Waals surface area (Å²) in [4.78, 5) is 11.6. The van der Waals surface area contributed by atoms with Crippen molar-refractivity contribution in [3.05, 3.63) is 41.7 Å². The number of hydrogen-bond donors (Lipinski definition) is 2. The maximum Gasteiger partial charge on any atom is 0.360 e. The zero-order valence-electron chi connectivity index (χ0n) is 15.4. The predicted octanol–water partition coefficient (Wildman–Crippen LogP) is 0.630. The van der Waals surface area contributed by atoms with Gasteiger partial charge in [0.25, 0.3) is 0 Å². The number of carbonyl (C=O) groups is 1. The highest BCUT2D eigenvalue weighted by Crippen LogP contribution is 2.34. The summed E-state index contributed by atoms with van der Waals surface area (Å²) in [5.41, 5.74) is 1.40. The molecule has 1 aromatic carbocycles. The molecular formula is C18H18N6O4S. The van der Waals surface area contributed by atoms with Crippen molar-refractivity contribution in [2.45, 2.75) is 24.3 Å². The molecule has 1 aromatic heterocycles. The van der Waals surface area contributed by atoms with Gasteiger partial charge >= 0.3 is 5.97 Å². The minimum atomic E-state index is -0.546. The van der Waals surface area contributed by atoms with Crippen LogP contribution in [0.2, 0.25) is 0 Å². The Bertz CT molecular complexity index is 973. The standard InChI is InChI=1S/C18H18N6O4S/c1-26-17(25)12-7-24(23-22-12)14-9-28-15-13(8-27-16(14)15)21-18(29)20-11-4-2-3-10(5-11)6-19/h2-5,7,13-16H,8-9H2,1H3,(H2,20,21,29). The van der Waals surface area contributed by atoms with Crippen molar-refractivity contribution in [3.8, 4) is 6.07 Å². The number of ether oxygens (including phenoxy) is 3. The Hall–Kier alpha value is -3.07. The van der Waals surface area contributed by atoms with E-state index in [9.17, 15) is 4.79 Å². The van der Waals surface area contributed by atoms with E-state index < -0.39 is 5.97 Å². The SMILES string of the molecule is COC(=O)c1cn(C2COC3C(NC(=S)Nc4cccc(C#N)c4)COC32)nn1. The van der Waals surface area contributed by atoms with Gasteiger partial charge in [0.05, 0.1) is 44.2 Å². The average Bonchev–Trinajstić information content (AvgIpc) is 3.45. The lowest BCUT2D eigenvalue weighted by Crippen LogP contribution is -2.45. The molecular weight excluding hydrogens is 396 g/mol. The normalized spacial score (nSPS) is 25.1. The molecule has 0 radical (unpaired) electrons. The van der Waals surface area contributed by atoms with E-state index in [0.717, 1.165) is 5.69 Å². The first-order valence-electron chi connectivity index (χ1n) is 8.90. The Morgan fingerprint density at radius 2 is 2.21 bits per heavy atom. The predicted molar refractivity (Wildman–Crippen MR) is 104 cm³/mol. The number of aromatic nitrogens is 3. The summed E-state index contributed by atoms with van der Waals surface area (Å²) in [7, 11) is 1.29. The van der Waals surface area contributed by atoms with E-state index in [2.05, 4.69) is 31.8 Å². The molecule has 2 N–H and O–H groups in total. The molecule has 0 bridgehead atoms. The van der Waals surface area contributed by atoms with Crippen LogP contribution in [0.3, 0.4) is 0 Å². The van der Waals surface area contributed by atoms with Crippen LogP contribution in [0.5, 0.6) is 0 Å². The molecule has 10 nitrogen and oxygen atoms in total. The van der Waals surface area contributed by atoms with Crippen LogP contribution in [0.1, 0.15) is 22.1 Å². The number of esters is 1. The monoisotopic (exact) mass is 414 g/mol. The Kier molecular flexibility index (Phi) is 5.39. The molecule has 29 heavy (non-hydrogen) atoms. The van der Waals surface area contributed by atoms with Gasteiger partial charge in [-0.3, -0.25) is 0 Å². The maximum absolute atomic E-state index is 11.6. The lowest BCUT2D eigenvalue weighted by molar-refractivity contribution is 0.0592. The van der Waals surface area contributed by atoms with Gasteiger partial charge in [0.15, 0.2) is 10.8 Å². The summed E-state index contributed by atoms with van der Waals surface area (Å²) < 4.78 is 18.1. The van der Waals surface area contributed by atoms with Gasteiger partial charge in [-0.25, -0.2) is 9.48 Å². The third kappa shape index (κ3) is 3.91. The van der Waals surface area contributed by atoms with Gasteiger partial charge in [0, 0.05) is 5.69 Å². The molecule has 2 aliphatic heterocycles. The molecule has 2 saturated heterocycles. The number of carbonyl (C=O) groups excluding carboxylic acids is 1. The van der Waals surface area contributed by atoms with Gasteiger partial charge < -0.3 is 24.8 Å². The molecule has 2 aliphatic rings. The lowest BCUT2D eigenvalue weighted by Gasteiger charge is -2.20. The van der Waals surface area contributed by atoms with Gasteiger partial charge in [-0.1, -0.05) is 11.3 Å². The minimum absolute atomic E-state index is 0.133. The second-order valence-corrected chi connectivity index (χ2v) is 7.04. The highest BCUT2D eigenvalue weighted by molar-refractivity contribution is 7.80. The third-order valence-corrected chi connectivity index (χ3v) is 5.06. The van der Waals surface area contributed by atoms with E-state index >= 15 is 0 Å². The van der Waals surface area contributed by atoms with E-state index in [1.54, 1.807) is 22.9 Å². The molecule has 0 amide bonds. The van der Waals surface area contributed by atoms with Gasteiger partial charge in [-0.05, 0) is 30.4 Å². The highest BCUT2D eigenvalue weighted by Gasteiger charge is 2.49.